The van der Waals surface area contributed by atoms with E-state index in [-0.39, 0.29) is 18.1 Å². The number of amides is 1. The van der Waals surface area contributed by atoms with Crippen molar-refractivity contribution in [2.75, 3.05) is 13.7 Å². The lowest BCUT2D eigenvalue weighted by atomic mass is 9.94. The number of hydrogen-bond donors (Lipinski definition) is 0. The minimum atomic E-state index is -0.547. The molecule has 22 heavy (non-hydrogen) atoms. The molecule has 6 heteroatoms. The van der Waals surface area contributed by atoms with E-state index in [9.17, 15) is 9.59 Å². The van der Waals surface area contributed by atoms with Gasteiger partial charge in [-0.3, -0.25) is 4.79 Å². The molecule has 0 spiro atoms. The van der Waals surface area contributed by atoms with Gasteiger partial charge in [-0.05, 0) is 6.42 Å². The van der Waals surface area contributed by atoms with Crippen LogP contribution in [-0.4, -0.2) is 35.4 Å². The minimum absolute atomic E-state index is 0.0430. The number of carbonyl (C=O) groups excluding carboxylic acids is 2. The Morgan fingerprint density at radius 1 is 1.32 bits per heavy atom. The van der Waals surface area contributed by atoms with Crippen LogP contribution in [0.1, 0.15) is 63.3 Å². The lowest BCUT2D eigenvalue weighted by Gasteiger charge is -2.28. The maximum Gasteiger partial charge on any atom is 0.360 e. The largest absolute Gasteiger partial charge is 0.464 e. The third kappa shape index (κ3) is 5.16. The number of aromatic nitrogens is 1. The molecule has 1 aromatic heterocycles. The molecule has 0 atom stereocenters. The Kier molecular flexibility index (Phi) is 6.59. The van der Waals surface area contributed by atoms with Crippen LogP contribution in [0.15, 0.2) is 10.7 Å². The van der Waals surface area contributed by atoms with Gasteiger partial charge in [0.25, 0.3) is 0 Å². The Labute approximate surface area is 131 Å². The van der Waals surface area contributed by atoms with Gasteiger partial charge < -0.3 is 14.1 Å². The van der Waals surface area contributed by atoms with Crippen molar-refractivity contribution < 1.29 is 18.7 Å². The molecule has 1 rings (SSSR count). The average Bonchev–Trinajstić information content (AvgIpc) is 2.92. The highest BCUT2D eigenvalue weighted by atomic mass is 16.5. The van der Waals surface area contributed by atoms with Crippen molar-refractivity contribution in [3.05, 3.63) is 17.8 Å². The van der Waals surface area contributed by atoms with Crippen LogP contribution in [0.25, 0.3) is 0 Å². The fourth-order valence-electron chi connectivity index (χ4n) is 2.02. The molecule has 0 aliphatic carbocycles. The molecule has 1 aromatic rings. The number of carbonyl (C=O) groups is 2. The Balaban J connectivity index is 2.81. The summed E-state index contributed by atoms with van der Waals surface area (Å²) in [7, 11) is 1.29. The molecular formula is C16H26N2O4. The third-order valence-corrected chi connectivity index (χ3v) is 3.23. The molecule has 1 heterocycles. The molecule has 0 saturated heterocycles. The number of esters is 1. The third-order valence-electron chi connectivity index (χ3n) is 3.23. The minimum Gasteiger partial charge on any atom is -0.464 e. The summed E-state index contributed by atoms with van der Waals surface area (Å²) in [6.45, 7) is 8.69. The monoisotopic (exact) mass is 310 g/mol. The fourth-order valence-corrected chi connectivity index (χ4v) is 2.02. The molecule has 0 radical (unpaired) electrons. The van der Waals surface area contributed by atoms with Crippen molar-refractivity contribution in [1.82, 2.24) is 9.88 Å². The van der Waals surface area contributed by atoms with Gasteiger partial charge in [-0.15, -0.1) is 0 Å². The van der Waals surface area contributed by atoms with Crippen molar-refractivity contribution in [1.29, 1.82) is 0 Å². The molecule has 1 amide bonds. The number of rotatable bonds is 7. The van der Waals surface area contributed by atoms with Gasteiger partial charge in [0.1, 0.15) is 6.26 Å². The lowest BCUT2D eigenvalue weighted by molar-refractivity contribution is -0.140. The molecule has 0 bridgehead atoms. The van der Waals surface area contributed by atoms with Crippen molar-refractivity contribution in [2.24, 2.45) is 5.41 Å². The number of nitrogens with zero attached hydrogens (tertiary/aromatic N) is 2. The molecule has 0 N–H and O–H groups in total. The first kappa shape index (κ1) is 18.2. The summed E-state index contributed by atoms with van der Waals surface area (Å²) in [5.74, 6) is -0.161. The molecule has 0 unspecified atom stereocenters. The zero-order chi connectivity index (χ0) is 16.8. The van der Waals surface area contributed by atoms with Crippen LogP contribution in [0.3, 0.4) is 0 Å². The first-order valence-electron chi connectivity index (χ1n) is 7.61. The number of unbranched alkanes of at least 4 members (excludes halogenated alkanes) is 2. The number of hydrogen-bond acceptors (Lipinski definition) is 5. The van der Waals surface area contributed by atoms with Gasteiger partial charge in [-0.1, -0.05) is 40.5 Å². The van der Waals surface area contributed by atoms with E-state index in [0.29, 0.717) is 12.4 Å². The van der Waals surface area contributed by atoms with Gasteiger partial charge in [0, 0.05) is 12.0 Å². The zero-order valence-corrected chi connectivity index (χ0v) is 14.1. The second-order valence-corrected chi connectivity index (χ2v) is 6.30. The standard InChI is InChI=1S/C16H26N2O4/c1-6-7-8-9-18(15(20)16(2,3)4)10-13-17-12(11-22-13)14(19)21-5/h11H,6-10H2,1-5H3. The Hall–Kier alpha value is -1.85. The summed E-state index contributed by atoms with van der Waals surface area (Å²) in [5.41, 5.74) is -0.349. The van der Waals surface area contributed by atoms with Crippen LogP contribution >= 0.6 is 0 Å². The highest BCUT2D eigenvalue weighted by Gasteiger charge is 2.28. The quantitative estimate of drug-likeness (QED) is 0.572. The summed E-state index contributed by atoms with van der Waals surface area (Å²) in [5, 5.41) is 0. The van der Waals surface area contributed by atoms with Gasteiger partial charge in [0.15, 0.2) is 5.69 Å². The van der Waals surface area contributed by atoms with Gasteiger partial charge in [0.2, 0.25) is 11.8 Å². The fraction of sp³-hybridized carbons (Fsp3) is 0.688. The summed E-state index contributed by atoms with van der Waals surface area (Å²) >= 11 is 0. The van der Waals surface area contributed by atoms with E-state index >= 15 is 0 Å². The lowest BCUT2D eigenvalue weighted by Crippen LogP contribution is -2.39. The predicted molar refractivity (Wildman–Crippen MR) is 82.2 cm³/mol. The van der Waals surface area contributed by atoms with E-state index in [0.717, 1.165) is 19.3 Å². The van der Waals surface area contributed by atoms with Crippen LogP contribution in [0.4, 0.5) is 0 Å². The number of ether oxygens (including phenoxy) is 1. The second kappa shape index (κ2) is 7.96. The molecular weight excluding hydrogens is 284 g/mol. The SMILES string of the molecule is CCCCCN(Cc1nc(C(=O)OC)co1)C(=O)C(C)(C)C. The van der Waals surface area contributed by atoms with E-state index < -0.39 is 11.4 Å². The zero-order valence-electron chi connectivity index (χ0n) is 14.1. The normalized spacial score (nSPS) is 11.3. The topological polar surface area (TPSA) is 72.6 Å². The molecule has 0 aromatic carbocycles. The highest BCUT2D eigenvalue weighted by Crippen LogP contribution is 2.20. The van der Waals surface area contributed by atoms with Crippen LogP contribution < -0.4 is 0 Å². The summed E-state index contributed by atoms with van der Waals surface area (Å²) in [6.07, 6.45) is 4.34. The first-order chi connectivity index (χ1) is 10.3. The summed E-state index contributed by atoms with van der Waals surface area (Å²) in [4.78, 5) is 29.7. The first-order valence-corrected chi connectivity index (χ1v) is 7.61. The van der Waals surface area contributed by atoms with Gasteiger partial charge in [0.05, 0.1) is 13.7 Å². The van der Waals surface area contributed by atoms with Crippen LogP contribution in [0.2, 0.25) is 0 Å². The van der Waals surface area contributed by atoms with Crippen molar-refractivity contribution in [3.63, 3.8) is 0 Å². The Morgan fingerprint density at radius 2 is 2.00 bits per heavy atom. The van der Waals surface area contributed by atoms with Crippen LogP contribution in [0.5, 0.6) is 0 Å². The van der Waals surface area contributed by atoms with Crippen molar-refractivity contribution in [2.45, 2.75) is 53.5 Å². The maximum atomic E-state index is 12.5. The molecule has 0 aliphatic heterocycles. The van der Waals surface area contributed by atoms with Crippen molar-refractivity contribution >= 4 is 11.9 Å². The van der Waals surface area contributed by atoms with E-state index in [4.69, 9.17) is 4.42 Å². The van der Waals surface area contributed by atoms with Crippen LogP contribution in [-0.2, 0) is 16.1 Å². The maximum absolute atomic E-state index is 12.5. The second-order valence-electron chi connectivity index (χ2n) is 6.30. The average molecular weight is 310 g/mol. The predicted octanol–water partition coefficient (Wildman–Crippen LogP) is 3.03. The van der Waals surface area contributed by atoms with E-state index in [1.54, 1.807) is 4.90 Å². The molecule has 124 valence electrons. The molecule has 6 nitrogen and oxygen atoms in total. The molecule has 0 saturated carbocycles. The number of oxazole rings is 1. The van der Waals surface area contributed by atoms with Crippen molar-refractivity contribution in [3.8, 4) is 0 Å². The van der Waals surface area contributed by atoms with Gasteiger partial charge >= 0.3 is 5.97 Å². The van der Waals surface area contributed by atoms with Gasteiger partial charge in [-0.25, -0.2) is 9.78 Å². The Morgan fingerprint density at radius 3 is 2.55 bits per heavy atom. The highest BCUT2D eigenvalue weighted by molar-refractivity contribution is 5.86. The van der Waals surface area contributed by atoms with Crippen LogP contribution in [0, 0.1) is 5.41 Å². The summed E-state index contributed by atoms with van der Waals surface area (Å²) in [6, 6.07) is 0. The number of methoxy groups -OCH3 is 1. The van der Waals surface area contributed by atoms with Gasteiger partial charge in [-0.2, -0.15) is 0 Å². The van der Waals surface area contributed by atoms with E-state index in [2.05, 4.69) is 16.6 Å². The summed E-state index contributed by atoms with van der Waals surface area (Å²) < 4.78 is 9.88. The van der Waals surface area contributed by atoms with E-state index in [1.165, 1.54) is 13.4 Å². The Bertz CT molecular complexity index is 502. The van der Waals surface area contributed by atoms with E-state index in [1.807, 2.05) is 20.8 Å². The smallest absolute Gasteiger partial charge is 0.360 e. The molecule has 0 aliphatic rings. The molecule has 0 fully saturated rings.